The van der Waals surface area contributed by atoms with E-state index >= 15 is 0 Å². The first-order valence-electron chi connectivity index (χ1n) is 10.7. The van der Waals surface area contributed by atoms with E-state index in [0.717, 1.165) is 16.5 Å². The molecule has 1 heterocycles. The van der Waals surface area contributed by atoms with Crippen LogP contribution >= 0.6 is 11.8 Å². The van der Waals surface area contributed by atoms with E-state index in [1.807, 2.05) is 23.9 Å². The van der Waals surface area contributed by atoms with Crippen LogP contribution in [0.2, 0.25) is 0 Å². The Kier molecular flexibility index (Phi) is 6.53. The van der Waals surface area contributed by atoms with Gasteiger partial charge in [-0.25, -0.2) is 0 Å². The average Bonchev–Trinajstić information content (AvgIpc) is 3.43. The van der Waals surface area contributed by atoms with Gasteiger partial charge in [0.1, 0.15) is 0 Å². The van der Waals surface area contributed by atoms with Gasteiger partial charge in [-0.05, 0) is 37.8 Å². The van der Waals surface area contributed by atoms with E-state index in [0.29, 0.717) is 28.5 Å². The highest BCUT2D eigenvalue weighted by Crippen LogP contribution is 2.44. The van der Waals surface area contributed by atoms with Gasteiger partial charge in [-0.2, -0.15) is 0 Å². The molecule has 0 saturated heterocycles. The van der Waals surface area contributed by atoms with E-state index in [1.165, 1.54) is 57.8 Å². The summed E-state index contributed by atoms with van der Waals surface area (Å²) in [5.74, 6) is 2.79. The first-order valence-corrected chi connectivity index (χ1v) is 11.5. The van der Waals surface area contributed by atoms with E-state index < -0.39 is 0 Å². The summed E-state index contributed by atoms with van der Waals surface area (Å²) >= 11 is 1.92. The van der Waals surface area contributed by atoms with Crippen LogP contribution in [0.1, 0.15) is 63.8 Å². The van der Waals surface area contributed by atoms with Gasteiger partial charge >= 0.3 is 0 Å². The zero-order chi connectivity index (χ0) is 20.2. The molecule has 0 bridgehead atoms. The van der Waals surface area contributed by atoms with Gasteiger partial charge in [0.25, 0.3) is 0 Å². The lowest BCUT2D eigenvalue weighted by molar-refractivity contribution is 0.324. The molecule has 4 rings (SSSR count). The first-order chi connectivity index (χ1) is 14.2. The van der Waals surface area contributed by atoms with Crippen molar-refractivity contribution in [2.45, 2.75) is 74.2 Å². The van der Waals surface area contributed by atoms with Crippen LogP contribution in [0.4, 0.5) is 0 Å². The third kappa shape index (κ3) is 4.20. The van der Waals surface area contributed by atoms with Gasteiger partial charge in [-0.3, -0.25) is 4.57 Å². The van der Waals surface area contributed by atoms with Crippen molar-refractivity contribution >= 4 is 11.8 Å². The number of aromatic nitrogens is 3. The Hall–Kier alpha value is -1.89. The lowest BCUT2D eigenvalue weighted by Gasteiger charge is -2.26. The van der Waals surface area contributed by atoms with Crippen LogP contribution < -0.4 is 14.2 Å². The number of hydrogen-bond donors (Lipinski definition) is 0. The molecular weight excluding hydrogens is 386 g/mol. The first kappa shape index (κ1) is 20.4. The second kappa shape index (κ2) is 9.28. The molecule has 2 aliphatic rings. The number of nitrogens with zero attached hydrogens (tertiary/aromatic N) is 3. The molecule has 2 saturated carbocycles. The standard InChI is InChI=1S/C22H31N3O3S/c1-26-18-13-15(14-19(27-2)20(18)28-3)21-23-24-22(29-17-11-7-8-12-17)25(21)16-9-5-4-6-10-16/h13-14,16-17H,4-12H2,1-3H3. The molecule has 2 aromatic rings. The average molecular weight is 418 g/mol. The quantitative estimate of drug-likeness (QED) is 0.592. The summed E-state index contributed by atoms with van der Waals surface area (Å²) < 4.78 is 19.0. The molecule has 6 nitrogen and oxygen atoms in total. The molecule has 1 aromatic carbocycles. The summed E-state index contributed by atoms with van der Waals surface area (Å²) in [6, 6.07) is 4.42. The van der Waals surface area contributed by atoms with Gasteiger partial charge in [0.2, 0.25) is 5.75 Å². The van der Waals surface area contributed by atoms with Crippen LogP contribution in [-0.2, 0) is 0 Å². The lowest BCUT2D eigenvalue weighted by atomic mass is 9.95. The lowest BCUT2D eigenvalue weighted by Crippen LogP contribution is -2.16. The van der Waals surface area contributed by atoms with Gasteiger partial charge < -0.3 is 14.2 Å². The van der Waals surface area contributed by atoms with Crippen molar-refractivity contribution in [3.05, 3.63) is 12.1 Å². The van der Waals surface area contributed by atoms with Gasteiger partial charge in [0.05, 0.1) is 21.3 Å². The van der Waals surface area contributed by atoms with E-state index in [4.69, 9.17) is 14.2 Å². The van der Waals surface area contributed by atoms with E-state index in [2.05, 4.69) is 14.8 Å². The molecule has 2 aliphatic carbocycles. The van der Waals surface area contributed by atoms with Crippen molar-refractivity contribution in [3.8, 4) is 28.6 Å². The number of ether oxygens (including phenoxy) is 3. The number of hydrogen-bond acceptors (Lipinski definition) is 6. The van der Waals surface area contributed by atoms with Crippen LogP contribution in [0.15, 0.2) is 17.3 Å². The van der Waals surface area contributed by atoms with Crippen molar-refractivity contribution in [2.75, 3.05) is 21.3 Å². The maximum atomic E-state index is 5.57. The molecule has 0 spiro atoms. The summed E-state index contributed by atoms with van der Waals surface area (Å²) in [5.41, 5.74) is 0.954. The van der Waals surface area contributed by atoms with Gasteiger partial charge in [0, 0.05) is 16.9 Å². The molecule has 0 atom stereocenters. The summed E-state index contributed by atoms with van der Waals surface area (Å²) in [4.78, 5) is 0. The third-order valence-corrected chi connectivity index (χ3v) is 7.40. The molecule has 0 amide bonds. The van der Waals surface area contributed by atoms with Gasteiger partial charge in [-0.1, -0.05) is 43.9 Å². The van der Waals surface area contributed by atoms with Gasteiger partial charge in [0.15, 0.2) is 22.5 Å². The summed E-state index contributed by atoms with van der Waals surface area (Å²) in [5, 5.41) is 11.0. The molecule has 0 radical (unpaired) electrons. The molecule has 0 unspecified atom stereocenters. The maximum Gasteiger partial charge on any atom is 0.203 e. The number of thioether (sulfide) groups is 1. The van der Waals surface area contributed by atoms with Crippen LogP contribution in [0.3, 0.4) is 0 Å². The Morgan fingerprint density at radius 3 is 2.03 bits per heavy atom. The zero-order valence-corrected chi connectivity index (χ0v) is 18.5. The molecule has 158 valence electrons. The molecule has 0 N–H and O–H groups in total. The summed E-state index contributed by atoms with van der Waals surface area (Å²) in [6.07, 6.45) is 11.5. The Bertz CT molecular complexity index is 802. The van der Waals surface area contributed by atoms with Crippen molar-refractivity contribution in [2.24, 2.45) is 0 Å². The molecule has 0 aliphatic heterocycles. The molecule has 7 heteroatoms. The topological polar surface area (TPSA) is 58.4 Å². The zero-order valence-electron chi connectivity index (χ0n) is 17.6. The van der Waals surface area contributed by atoms with Crippen LogP contribution in [0, 0.1) is 0 Å². The molecule has 1 aromatic heterocycles. The normalized spacial score (nSPS) is 18.2. The van der Waals surface area contributed by atoms with Crippen molar-refractivity contribution in [1.82, 2.24) is 14.8 Å². The molecule has 2 fully saturated rings. The second-order valence-corrected chi connectivity index (χ2v) is 9.17. The van der Waals surface area contributed by atoms with Crippen LogP contribution in [0.25, 0.3) is 11.4 Å². The highest BCUT2D eigenvalue weighted by atomic mass is 32.2. The van der Waals surface area contributed by atoms with Crippen LogP contribution in [0.5, 0.6) is 17.2 Å². The fourth-order valence-corrected chi connectivity index (χ4v) is 5.89. The Morgan fingerprint density at radius 2 is 1.45 bits per heavy atom. The number of benzene rings is 1. The predicted octanol–water partition coefficient (Wildman–Crippen LogP) is 5.51. The minimum absolute atomic E-state index is 0.455. The smallest absolute Gasteiger partial charge is 0.203 e. The fourth-order valence-electron chi connectivity index (χ4n) is 4.59. The number of methoxy groups -OCH3 is 3. The highest BCUT2D eigenvalue weighted by molar-refractivity contribution is 7.99. The summed E-state index contributed by atoms with van der Waals surface area (Å²) in [6.45, 7) is 0. The van der Waals surface area contributed by atoms with E-state index in [9.17, 15) is 0 Å². The van der Waals surface area contributed by atoms with Crippen molar-refractivity contribution in [3.63, 3.8) is 0 Å². The minimum Gasteiger partial charge on any atom is -0.493 e. The summed E-state index contributed by atoms with van der Waals surface area (Å²) in [7, 11) is 4.92. The van der Waals surface area contributed by atoms with Crippen molar-refractivity contribution < 1.29 is 14.2 Å². The second-order valence-electron chi connectivity index (χ2n) is 7.91. The molecular formula is C22H31N3O3S. The highest BCUT2D eigenvalue weighted by Gasteiger charge is 2.28. The third-order valence-electron chi connectivity index (χ3n) is 6.10. The van der Waals surface area contributed by atoms with E-state index in [-0.39, 0.29) is 0 Å². The SMILES string of the molecule is COc1cc(-c2nnc(SC3CCCC3)n2C2CCCCC2)cc(OC)c1OC. The van der Waals surface area contributed by atoms with E-state index in [1.54, 1.807) is 21.3 Å². The largest absolute Gasteiger partial charge is 0.493 e. The Balaban J connectivity index is 1.77. The Labute approximate surface area is 177 Å². The van der Waals surface area contributed by atoms with Gasteiger partial charge in [-0.15, -0.1) is 10.2 Å². The molecule has 29 heavy (non-hydrogen) atoms. The fraction of sp³-hybridized carbons (Fsp3) is 0.636. The van der Waals surface area contributed by atoms with Crippen LogP contribution in [-0.4, -0.2) is 41.3 Å². The van der Waals surface area contributed by atoms with Crippen molar-refractivity contribution in [1.29, 1.82) is 0 Å². The number of rotatable bonds is 7. The maximum absolute atomic E-state index is 5.57. The predicted molar refractivity (Wildman–Crippen MR) is 115 cm³/mol. The minimum atomic E-state index is 0.455. The monoisotopic (exact) mass is 417 g/mol. The Morgan fingerprint density at radius 1 is 0.828 bits per heavy atom.